The number of H-pyrrole nitrogens is 1. The molecule has 2 aromatic carbocycles. The Morgan fingerprint density at radius 1 is 1.13 bits per heavy atom. The van der Waals surface area contributed by atoms with Gasteiger partial charge in [0.1, 0.15) is 0 Å². The van der Waals surface area contributed by atoms with E-state index in [0.717, 1.165) is 48.8 Å². The number of hydrogen-bond acceptors (Lipinski definition) is 4. The molecule has 3 N–H and O–H groups in total. The standard InChI is InChI=1S/C24H29N3O3S/c1-3-16(2)19-5-7-21(27-24(28)18-8-11-25-12-9-18)23(14-19)31(29,30)20-6-4-17-10-13-26-22(17)15-20/h4-7,10,13-16,18,25-26H,3,8-9,11-12H2,1-2H3,(H,27,28). The molecule has 1 saturated heterocycles. The van der Waals surface area contributed by atoms with Gasteiger partial charge in [-0.15, -0.1) is 0 Å². The molecule has 3 aromatic rings. The molecule has 0 spiro atoms. The fourth-order valence-corrected chi connectivity index (χ4v) is 5.52. The number of amides is 1. The van der Waals surface area contributed by atoms with Gasteiger partial charge in [0.05, 0.1) is 15.5 Å². The third kappa shape index (κ3) is 4.38. The molecule has 2 heterocycles. The highest BCUT2D eigenvalue weighted by molar-refractivity contribution is 7.91. The van der Waals surface area contributed by atoms with Crippen LogP contribution in [0.1, 0.15) is 44.6 Å². The van der Waals surface area contributed by atoms with Crippen LogP contribution in [-0.4, -0.2) is 32.4 Å². The quantitative estimate of drug-likeness (QED) is 0.529. The minimum atomic E-state index is -3.83. The van der Waals surface area contributed by atoms with Crippen molar-refractivity contribution >= 4 is 32.3 Å². The topological polar surface area (TPSA) is 91.1 Å². The second-order valence-corrected chi connectivity index (χ2v) is 10.2. The second kappa shape index (κ2) is 8.85. The van der Waals surface area contributed by atoms with E-state index in [-0.39, 0.29) is 27.5 Å². The summed E-state index contributed by atoms with van der Waals surface area (Å²) in [6, 6.07) is 12.4. The first-order valence-electron chi connectivity index (χ1n) is 10.9. The summed E-state index contributed by atoms with van der Waals surface area (Å²) < 4.78 is 27.3. The number of carbonyl (C=O) groups excluding carboxylic acids is 1. The van der Waals surface area contributed by atoms with E-state index in [1.165, 1.54) is 0 Å². The summed E-state index contributed by atoms with van der Waals surface area (Å²) in [4.78, 5) is 16.3. The van der Waals surface area contributed by atoms with E-state index in [1.54, 1.807) is 36.5 Å². The Labute approximate surface area is 183 Å². The van der Waals surface area contributed by atoms with E-state index in [4.69, 9.17) is 0 Å². The number of anilines is 1. The molecule has 1 unspecified atom stereocenters. The maximum absolute atomic E-state index is 13.7. The lowest BCUT2D eigenvalue weighted by Crippen LogP contribution is -2.34. The number of rotatable bonds is 6. The molecule has 7 heteroatoms. The molecule has 1 aliphatic rings. The zero-order valence-corrected chi connectivity index (χ0v) is 18.8. The monoisotopic (exact) mass is 439 g/mol. The van der Waals surface area contributed by atoms with Crippen LogP contribution in [0.25, 0.3) is 10.9 Å². The van der Waals surface area contributed by atoms with E-state index in [2.05, 4.69) is 29.5 Å². The fourth-order valence-electron chi connectivity index (χ4n) is 4.05. The van der Waals surface area contributed by atoms with Crippen molar-refractivity contribution in [2.45, 2.75) is 48.8 Å². The number of fused-ring (bicyclic) bond motifs is 1. The molecule has 6 nitrogen and oxygen atoms in total. The number of hydrogen-bond donors (Lipinski definition) is 3. The molecule has 0 bridgehead atoms. The number of benzene rings is 2. The third-order valence-electron chi connectivity index (χ3n) is 6.28. The van der Waals surface area contributed by atoms with Crippen molar-refractivity contribution in [1.29, 1.82) is 0 Å². The van der Waals surface area contributed by atoms with Crippen LogP contribution < -0.4 is 10.6 Å². The Hall–Kier alpha value is -2.64. The smallest absolute Gasteiger partial charge is 0.227 e. The largest absolute Gasteiger partial charge is 0.361 e. The van der Waals surface area contributed by atoms with E-state index < -0.39 is 9.84 Å². The zero-order valence-electron chi connectivity index (χ0n) is 17.9. The Bertz CT molecular complexity index is 1190. The van der Waals surface area contributed by atoms with E-state index in [0.29, 0.717) is 5.69 Å². The van der Waals surface area contributed by atoms with Gasteiger partial charge in [-0.25, -0.2) is 8.42 Å². The van der Waals surface area contributed by atoms with Crippen LogP contribution >= 0.6 is 0 Å². The number of aromatic nitrogens is 1. The minimum absolute atomic E-state index is 0.110. The summed E-state index contributed by atoms with van der Waals surface area (Å²) >= 11 is 0. The van der Waals surface area contributed by atoms with Gasteiger partial charge in [-0.1, -0.05) is 26.0 Å². The first-order valence-corrected chi connectivity index (χ1v) is 12.4. The van der Waals surface area contributed by atoms with Crippen molar-refractivity contribution in [2.75, 3.05) is 18.4 Å². The Balaban J connectivity index is 1.76. The zero-order chi connectivity index (χ0) is 22.0. The Morgan fingerprint density at radius 2 is 1.90 bits per heavy atom. The molecule has 1 atom stereocenters. The van der Waals surface area contributed by atoms with Crippen LogP contribution in [0.5, 0.6) is 0 Å². The van der Waals surface area contributed by atoms with Gasteiger partial charge < -0.3 is 15.6 Å². The predicted octanol–water partition coefficient (Wildman–Crippen LogP) is 4.45. The molecule has 0 aliphatic carbocycles. The van der Waals surface area contributed by atoms with Crippen LogP contribution in [-0.2, 0) is 14.6 Å². The highest BCUT2D eigenvalue weighted by atomic mass is 32.2. The highest BCUT2D eigenvalue weighted by Crippen LogP contribution is 2.33. The van der Waals surface area contributed by atoms with Gasteiger partial charge in [0.25, 0.3) is 0 Å². The predicted molar refractivity (Wildman–Crippen MR) is 123 cm³/mol. The summed E-state index contributed by atoms with van der Waals surface area (Å²) in [5.41, 5.74) is 2.06. The summed E-state index contributed by atoms with van der Waals surface area (Å²) in [7, 11) is -3.83. The molecule has 1 fully saturated rings. The molecule has 0 radical (unpaired) electrons. The third-order valence-corrected chi connectivity index (χ3v) is 8.07. The Kier molecular flexibility index (Phi) is 6.16. The van der Waals surface area contributed by atoms with Gasteiger partial charge in [0.2, 0.25) is 15.7 Å². The number of piperidine rings is 1. The normalized spacial score (nSPS) is 16.3. The number of carbonyl (C=O) groups is 1. The molecule has 4 rings (SSSR count). The van der Waals surface area contributed by atoms with Gasteiger partial charge in [0.15, 0.2) is 0 Å². The molecule has 1 aliphatic heterocycles. The summed E-state index contributed by atoms with van der Waals surface area (Å²) in [5.74, 6) is -0.00983. The Morgan fingerprint density at radius 3 is 2.65 bits per heavy atom. The van der Waals surface area contributed by atoms with E-state index in [9.17, 15) is 13.2 Å². The van der Waals surface area contributed by atoms with Gasteiger partial charge in [-0.05, 0) is 79.6 Å². The van der Waals surface area contributed by atoms with Crippen LogP contribution in [0.15, 0.2) is 58.5 Å². The highest BCUT2D eigenvalue weighted by Gasteiger charge is 2.27. The van der Waals surface area contributed by atoms with Gasteiger partial charge in [-0.2, -0.15) is 0 Å². The molecular weight excluding hydrogens is 410 g/mol. The number of aromatic amines is 1. The first kappa shape index (κ1) is 21.6. The van der Waals surface area contributed by atoms with Gasteiger partial charge in [0, 0.05) is 17.6 Å². The summed E-state index contributed by atoms with van der Waals surface area (Å²) in [5, 5.41) is 7.12. The average Bonchev–Trinajstić information content (AvgIpc) is 3.27. The average molecular weight is 440 g/mol. The van der Waals surface area contributed by atoms with Crippen molar-refractivity contribution in [3.63, 3.8) is 0 Å². The summed E-state index contributed by atoms with van der Waals surface area (Å²) in [6.45, 7) is 5.74. The van der Waals surface area contributed by atoms with Crippen LogP contribution in [0.4, 0.5) is 5.69 Å². The fraction of sp³-hybridized carbons (Fsp3) is 0.375. The van der Waals surface area contributed by atoms with Gasteiger partial charge >= 0.3 is 0 Å². The van der Waals surface area contributed by atoms with Gasteiger partial charge in [-0.3, -0.25) is 4.79 Å². The van der Waals surface area contributed by atoms with Crippen molar-refractivity contribution < 1.29 is 13.2 Å². The van der Waals surface area contributed by atoms with Crippen molar-refractivity contribution in [3.05, 3.63) is 54.2 Å². The van der Waals surface area contributed by atoms with E-state index in [1.807, 2.05) is 12.1 Å². The maximum atomic E-state index is 13.7. The molecule has 164 valence electrons. The SMILES string of the molecule is CCC(C)c1ccc(NC(=O)C2CCNCC2)c(S(=O)(=O)c2ccc3cc[nH]c3c2)c1. The number of sulfone groups is 1. The molecule has 1 aromatic heterocycles. The summed E-state index contributed by atoms with van der Waals surface area (Å²) in [6.07, 6.45) is 4.19. The first-order chi connectivity index (χ1) is 14.9. The lowest BCUT2D eigenvalue weighted by Gasteiger charge is -2.23. The van der Waals surface area contributed by atoms with Crippen molar-refractivity contribution in [2.24, 2.45) is 5.92 Å². The van der Waals surface area contributed by atoms with Crippen LogP contribution in [0.2, 0.25) is 0 Å². The van der Waals surface area contributed by atoms with Crippen LogP contribution in [0, 0.1) is 5.92 Å². The molecule has 0 saturated carbocycles. The second-order valence-electron chi connectivity index (χ2n) is 8.31. The lowest BCUT2D eigenvalue weighted by molar-refractivity contribution is -0.120. The lowest BCUT2D eigenvalue weighted by atomic mass is 9.96. The minimum Gasteiger partial charge on any atom is -0.361 e. The van der Waals surface area contributed by atoms with Crippen molar-refractivity contribution in [3.8, 4) is 0 Å². The maximum Gasteiger partial charge on any atom is 0.227 e. The van der Waals surface area contributed by atoms with Crippen LogP contribution in [0.3, 0.4) is 0 Å². The van der Waals surface area contributed by atoms with E-state index >= 15 is 0 Å². The van der Waals surface area contributed by atoms with Crippen molar-refractivity contribution in [1.82, 2.24) is 10.3 Å². The molecule has 1 amide bonds. The molecular formula is C24H29N3O3S. The number of nitrogens with one attached hydrogen (secondary N) is 3. The molecule has 31 heavy (non-hydrogen) atoms.